The number of benzene rings is 1. The van der Waals surface area contributed by atoms with Gasteiger partial charge in [0, 0.05) is 16.5 Å². The zero-order valence-electron chi connectivity index (χ0n) is 10.7. The molecule has 1 aliphatic carbocycles. The van der Waals surface area contributed by atoms with E-state index in [0.717, 1.165) is 29.8 Å². The highest BCUT2D eigenvalue weighted by atomic mass is 79.9. The Hall–Kier alpha value is -0.0500. The fourth-order valence-corrected chi connectivity index (χ4v) is 3.48. The number of alkyl halides is 1. The maximum absolute atomic E-state index is 6.44. The third kappa shape index (κ3) is 4.25. The Morgan fingerprint density at radius 2 is 2.22 bits per heavy atom. The molecule has 18 heavy (non-hydrogen) atoms. The summed E-state index contributed by atoms with van der Waals surface area (Å²) >= 11 is 9.94. The van der Waals surface area contributed by atoms with Gasteiger partial charge in [0.05, 0.1) is 6.10 Å². The summed E-state index contributed by atoms with van der Waals surface area (Å²) in [5.74, 6) is 0.760. The molecule has 2 rings (SSSR count). The Morgan fingerprint density at radius 3 is 2.89 bits per heavy atom. The third-order valence-corrected chi connectivity index (χ3v) is 4.36. The average Bonchev–Trinajstić information content (AvgIpc) is 2.26. The van der Waals surface area contributed by atoms with E-state index in [2.05, 4.69) is 41.1 Å². The van der Waals surface area contributed by atoms with Crippen LogP contribution in [-0.2, 0) is 11.2 Å². The van der Waals surface area contributed by atoms with E-state index < -0.39 is 0 Å². The summed E-state index contributed by atoms with van der Waals surface area (Å²) in [4.78, 5) is 0. The molecule has 0 amide bonds. The van der Waals surface area contributed by atoms with Crippen molar-refractivity contribution in [2.45, 2.75) is 44.1 Å². The highest BCUT2D eigenvalue weighted by Crippen LogP contribution is 2.35. The number of rotatable bonds is 6. The van der Waals surface area contributed by atoms with E-state index >= 15 is 0 Å². The number of ether oxygens (including phenoxy) is 1. The van der Waals surface area contributed by atoms with Crippen molar-refractivity contribution < 1.29 is 4.74 Å². The fraction of sp³-hybridized carbons (Fsp3) is 0.600. The van der Waals surface area contributed by atoms with Gasteiger partial charge in [-0.1, -0.05) is 28.1 Å². The van der Waals surface area contributed by atoms with E-state index in [-0.39, 0.29) is 5.38 Å². The van der Waals surface area contributed by atoms with Crippen molar-refractivity contribution in [1.29, 1.82) is 0 Å². The Kier molecular flexibility index (Phi) is 5.53. The zero-order valence-corrected chi connectivity index (χ0v) is 13.1. The van der Waals surface area contributed by atoms with Crippen LogP contribution in [0.15, 0.2) is 28.7 Å². The van der Waals surface area contributed by atoms with Gasteiger partial charge in [-0.25, -0.2) is 0 Å². The molecule has 1 saturated carbocycles. The Balaban J connectivity index is 1.71. The van der Waals surface area contributed by atoms with Gasteiger partial charge in [0.25, 0.3) is 0 Å². The molecule has 100 valence electrons. The SMILES string of the molecule is CCOC1CC(CC(Cl)Cc2cccc(Br)c2)C1. The van der Waals surface area contributed by atoms with Gasteiger partial charge in [-0.05, 0) is 56.2 Å². The molecule has 1 aromatic carbocycles. The third-order valence-electron chi connectivity index (χ3n) is 3.53. The molecule has 3 heteroatoms. The summed E-state index contributed by atoms with van der Waals surface area (Å²) in [6.07, 6.45) is 4.94. The van der Waals surface area contributed by atoms with Crippen LogP contribution < -0.4 is 0 Å². The van der Waals surface area contributed by atoms with Crippen LogP contribution in [0.2, 0.25) is 0 Å². The highest BCUT2D eigenvalue weighted by Gasteiger charge is 2.30. The second kappa shape index (κ2) is 6.93. The molecule has 1 aliphatic rings. The van der Waals surface area contributed by atoms with Crippen molar-refractivity contribution in [2.24, 2.45) is 5.92 Å². The first-order chi connectivity index (χ1) is 8.67. The van der Waals surface area contributed by atoms with Crippen LogP contribution in [0.25, 0.3) is 0 Å². The Morgan fingerprint density at radius 1 is 1.44 bits per heavy atom. The maximum atomic E-state index is 6.44. The van der Waals surface area contributed by atoms with Crippen LogP contribution >= 0.6 is 27.5 Å². The van der Waals surface area contributed by atoms with Crippen molar-refractivity contribution in [2.75, 3.05) is 6.61 Å². The predicted molar refractivity (Wildman–Crippen MR) is 80.2 cm³/mol. The van der Waals surface area contributed by atoms with Gasteiger partial charge < -0.3 is 4.74 Å². The van der Waals surface area contributed by atoms with Crippen molar-refractivity contribution in [3.8, 4) is 0 Å². The van der Waals surface area contributed by atoms with Crippen molar-refractivity contribution in [3.63, 3.8) is 0 Å². The van der Waals surface area contributed by atoms with Crippen LogP contribution in [0.5, 0.6) is 0 Å². The van der Waals surface area contributed by atoms with E-state index in [1.807, 2.05) is 6.07 Å². The molecule has 0 heterocycles. The lowest BCUT2D eigenvalue weighted by molar-refractivity contribution is -0.0266. The topological polar surface area (TPSA) is 9.23 Å². The first-order valence-electron chi connectivity index (χ1n) is 6.67. The highest BCUT2D eigenvalue weighted by molar-refractivity contribution is 9.10. The first kappa shape index (κ1) is 14.4. The summed E-state index contributed by atoms with van der Waals surface area (Å²) in [5.41, 5.74) is 1.31. The van der Waals surface area contributed by atoms with E-state index in [1.165, 1.54) is 18.4 Å². The largest absolute Gasteiger partial charge is 0.378 e. The lowest BCUT2D eigenvalue weighted by Gasteiger charge is -2.36. The lowest BCUT2D eigenvalue weighted by atomic mass is 9.78. The minimum Gasteiger partial charge on any atom is -0.378 e. The maximum Gasteiger partial charge on any atom is 0.0580 e. The van der Waals surface area contributed by atoms with Crippen molar-refractivity contribution >= 4 is 27.5 Å². The molecule has 0 N–H and O–H groups in total. The molecule has 1 unspecified atom stereocenters. The lowest BCUT2D eigenvalue weighted by Crippen LogP contribution is -2.33. The van der Waals surface area contributed by atoms with Crippen LogP contribution in [0.1, 0.15) is 31.7 Å². The molecule has 1 aromatic rings. The molecule has 1 nitrogen and oxygen atoms in total. The molecule has 0 bridgehead atoms. The van der Waals surface area contributed by atoms with Gasteiger partial charge in [0.15, 0.2) is 0 Å². The second-order valence-electron chi connectivity index (χ2n) is 5.08. The molecular formula is C15H20BrClO. The number of hydrogen-bond acceptors (Lipinski definition) is 1. The van der Waals surface area contributed by atoms with Gasteiger partial charge in [0.1, 0.15) is 0 Å². The number of hydrogen-bond donors (Lipinski definition) is 0. The van der Waals surface area contributed by atoms with Crippen LogP contribution in [0.3, 0.4) is 0 Å². The fourth-order valence-electron chi connectivity index (χ4n) is 2.60. The standard InChI is InChI=1S/C15H20BrClO/c1-2-18-15-9-12(10-15)8-14(17)7-11-4-3-5-13(16)6-11/h3-6,12,14-15H,2,7-10H2,1H3. The molecule has 0 aromatic heterocycles. The molecule has 1 fully saturated rings. The van der Waals surface area contributed by atoms with Gasteiger partial charge in [0.2, 0.25) is 0 Å². The molecule has 0 aliphatic heterocycles. The molecule has 1 atom stereocenters. The van der Waals surface area contributed by atoms with Crippen LogP contribution in [0, 0.1) is 5.92 Å². The molecule has 0 radical (unpaired) electrons. The second-order valence-corrected chi connectivity index (χ2v) is 6.61. The Bertz CT molecular complexity index is 377. The monoisotopic (exact) mass is 330 g/mol. The normalized spacial score (nSPS) is 24.6. The smallest absolute Gasteiger partial charge is 0.0580 e. The van der Waals surface area contributed by atoms with Crippen LogP contribution in [0.4, 0.5) is 0 Å². The van der Waals surface area contributed by atoms with Gasteiger partial charge in [-0.15, -0.1) is 11.6 Å². The van der Waals surface area contributed by atoms with E-state index in [0.29, 0.717) is 6.10 Å². The quantitative estimate of drug-likeness (QED) is 0.680. The van der Waals surface area contributed by atoms with Gasteiger partial charge >= 0.3 is 0 Å². The molecular weight excluding hydrogens is 312 g/mol. The van der Waals surface area contributed by atoms with Crippen LogP contribution in [-0.4, -0.2) is 18.1 Å². The van der Waals surface area contributed by atoms with E-state index in [4.69, 9.17) is 16.3 Å². The van der Waals surface area contributed by atoms with Crippen molar-refractivity contribution in [1.82, 2.24) is 0 Å². The summed E-state index contributed by atoms with van der Waals surface area (Å²) < 4.78 is 6.70. The Labute approximate surface area is 123 Å². The van der Waals surface area contributed by atoms with E-state index in [9.17, 15) is 0 Å². The number of halogens is 2. The summed E-state index contributed by atoms with van der Waals surface area (Å²) in [6, 6.07) is 8.41. The zero-order chi connectivity index (χ0) is 13.0. The average molecular weight is 332 g/mol. The predicted octanol–water partition coefficient (Wildman–Crippen LogP) is 4.80. The summed E-state index contributed by atoms with van der Waals surface area (Å²) in [7, 11) is 0. The minimum absolute atomic E-state index is 0.242. The summed E-state index contributed by atoms with van der Waals surface area (Å²) in [6.45, 7) is 2.89. The first-order valence-corrected chi connectivity index (χ1v) is 7.90. The minimum atomic E-state index is 0.242. The van der Waals surface area contributed by atoms with Gasteiger partial charge in [-0.3, -0.25) is 0 Å². The van der Waals surface area contributed by atoms with E-state index in [1.54, 1.807) is 0 Å². The summed E-state index contributed by atoms with van der Waals surface area (Å²) in [5, 5.41) is 0.242. The molecule has 0 saturated heterocycles. The van der Waals surface area contributed by atoms with Crippen molar-refractivity contribution in [3.05, 3.63) is 34.3 Å². The van der Waals surface area contributed by atoms with Gasteiger partial charge in [-0.2, -0.15) is 0 Å². The molecule has 0 spiro atoms.